The van der Waals surface area contributed by atoms with Crippen LogP contribution in [-0.4, -0.2) is 28.6 Å². The number of anilines is 1. The van der Waals surface area contributed by atoms with E-state index in [4.69, 9.17) is 10.8 Å². The van der Waals surface area contributed by atoms with Gasteiger partial charge in [-0.3, -0.25) is 4.79 Å². The van der Waals surface area contributed by atoms with Gasteiger partial charge in [-0.25, -0.2) is 4.98 Å². The van der Waals surface area contributed by atoms with Gasteiger partial charge >= 0.3 is 0 Å². The van der Waals surface area contributed by atoms with Crippen LogP contribution >= 0.6 is 15.9 Å². The number of carbonyl (C=O) groups is 1. The number of hydrogen-bond acceptors (Lipinski definition) is 4. The molecule has 1 atom stereocenters. The average molecular weight is 260 g/mol. The Kier molecular flexibility index (Phi) is 3.84. The van der Waals surface area contributed by atoms with Crippen LogP contribution in [0, 0.1) is 0 Å². The second kappa shape index (κ2) is 4.92. The van der Waals surface area contributed by atoms with Crippen molar-refractivity contribution in [2.75, 3.05) is 11.9 Å². The minimum absolute atomic E-state index is 0.0544. The molecule has 1 rings (SSSR count). The summed E-state index contributed by atoms with van der Waals surface area (Å²) in [6.45, 7) is 0.0544. The molecule has 76 valence electrons. The van der Waals surface area contributed by atoms with Gasteiger partial charge in [-0.15, -0.1) is 0 Å². The Morgan fingerprint density at radius 2 is 2.43 bits per heavy atom. The molecule has 0 spiro atoms. The summed E-state index contributed by atoms with van der Waals surface area (Å²) in [6, 6.07) is 5.28. The van der Waals surface area contributed by atoms with Crippen molar-refractivity contribution < 1.29 is 9.90 Å². The van der Waals surface area contributed by atoms with Crippen molar-refractivity contribution in [2.24, 2.45) is 5.73 Å². The number of rotatable bonds is 4. The van der Waals surface area contributed by atoms with Gasteiger partial charge in [0, 0.05) is 0 Å². The lowest BCUT2D eigenvalue weighted by atomic mass is 10.3. The van der Waals surface area contributed by atoms with Gasteiger partial charge in [0.1, 0.15) is 16.5 Å². The third kappa shape index (κ3) is 3.31. The van der Waals surface area contributed by atoms with E-state index < -0.39 is 12.0 Å². The highest BCUT2D eigenvalue weighted by Crippen LogP contribution is 2.09. The predicted octanol–water partition coefficient (Wildman–Crippen LogP) is 0.102. The van der Waals surface area contributed by atoms with Gasteiger partial charge in [-0.2, -0.15) is 0 Å². The highest BCUT2D eigenvalue weighted by Gasteiger charge is 2.09. The molecule has 1 aromatic heterocycles. The first-order valence-corrected chi connectivity index (χ1v) is 4.72. The molecule has 0 radical (unpaired) electrons. The van der Waals surface area contributed by atoms with Crippen LogP contribution in [0.5, 0.6) is 0 Å². The van der Waals surface area contributed by atoms with Gasteiger partial charge in [0.15, 0.2) is 0 Å². The highest BCUT2D eigenvalue weighted by molar-refractivity contribution is 9.10. The fourth-order valence-corrected chi connectivity index (χ4v) is 1.15. The zero-order chi connectivity index (χ0) is 10.6. The Hall–Kier alpha value is -1.14. The largest absolute Gasteiger partial charge is 0.381 e. The molecule has 0 fully saturated rings. The number of primary amides is 1. The topological polar surface area (TPSA) is 88.2 Å². The summed E-state index contributed by atoms with van der Waals surface area (Å²) in [5.41, 5.74) is 4.87. The van der Waals surface area contributed by atoms with E-state index in [1.807, 2.05) is 0 Å². The maximum atomic E-state index is 10.5. The fraction of sp³-hybridized carbons (Fsp3) is 0.250. The molecule has 0 aliphatic carbocycles. The molecule has 0 aromatic carbocycles. The summed E-state index contributed by atoms with van der Waals surface area (Å²) in [7, 11) is 0. The third-order valence-electron chi connectivity index (χ3n) is 1.52. The van der Waals surface area contributed by atoms with Crippen LogP contribution in [0.25, 0.3) is 0 Å². The normalized spacial score (nSPS) is 12.1. The van der Waals surface area contributed by atoms with Crippen molar-refractivity contribution in [3.63, 3.8) is 0 Å². The molecule has 1 heterocycles. The molecule has 0 aliphatic heterocycles. The van der Waals surface area contributed by atoms with E-state index >= 15 is 0 Å². The number of pyridine rings is 1. The number of nitrogens with zero attached hydrogens (tertiary/aromatic N) is 1. The molecule has 4 N–H and O–H groups in total. The first-order valence-electron chi connectivity index (χ1n) is 3.93. The Balaban J connectivity index is 2.49. The number of aliphatic hydroxyl groups excluding tert-OH is 1. The lowest BCUT2D eigenvalue weighted by Crippen LogP contribution is -2.34. The molecule has 1 unspecified atom stereocenters. The molecule has 1 amide bonds. The number of halogens is 1. The molecule has 6 heteroatoms. The number of hydrogen-bond donors (Lipinski definition) is 3. The maximum absolute atomic E-state index is 10.5. The molecule has 5 nitrogen and oxygen atoms in total. The predicted molar refractivity (Wildman–Crippen MR) is 55.6 cm³/mol. The van der Waals surface area contributed by atoms with Crippen LogP contribution in [-0.2, 0) is 4.79 Å². The Labute approximate surface area is 89.5 Å². The minimum Gasteiger partial charge on any atom is -0.381 e. The van der Waals surface area contributed by atoms with E-state index in [0.717, 1.165) is 0 Å². The second-order valence-corrected chi connectivity index (χ2v) is 3.46. The van der Waals surface area contributed by atoms with Crippen LogP contribution in [0.3, 0.4) is 0 Å². The lowest BCUT2D eigenvalue weighted by molar-refractivity contribution is -0.125. The van der Waals surface area contributed by atoms with Crippen molar-refractivity contribution in [3.05, 3.63) is 22.8 Å². The number of nitrogens with one attached hydrogen (secondary N) is 1. The van der Waals surface area contributed by atoms with Crippen molar-refractivity contribution in [1.82, 2.24) is 4.98 Å². The van der Waals surface area contributed by atoms with Crippen molar-refractivity contribution in [1.29, 1.82) is 0 Å². The maximum Gasteiger partial charge on any atom is 0.248 e. The van der Waals surface area contributed by atoms with Gasteiger partial charge in [0.25, 0.3) is 0 Å². The number of aliphatic hydroxyl groups is 1. The smallest absolute Gasteiger partial charge is 0.248 e. The van der Waals surface area contributed by atoms with E-state index in [1.54, 1.807) is 18.2 Å². The molecule has 14 heavy (non-hydrogen) atoms. The SMILES string of the molecule is NC(=O)C(O)CNc1cccc(Br)n1. The summed E-state index contributed by atoms with van der Waals surface area (Å²) < 4.78 is 0.677. The molecular weight excluding hydrogens is 250 g/mol. The van der Waals surface area contributed by atoms with E-state index in [0.29, 0.717) is 10.4 Å². The Morgan fingerprint density at radius 1 is 1.71 bits per heavy atom. The summed E-state index contributed by atoms with van der Waals surface area (Å²) >= 11 is 3.19. The van der Waals surface area contributed by atoms with Crippen LogP contribution in [0.4, 0.5) is 5.82 Å². The quantitative estimate of drug-likeness (QED) is 0.670. The fourth-order valence-electron chi connectivity index (χ4n) is 0.809. The van der Waals surface area contributed by atoms with Crippen LogP contribution < -0.4 is 11.1 Å². The third-order valence-corrected chi connectivity index (χ3v) is 1.96. The standard InChI is InChI=1S/C8H10BrN3O2/c9-6-2-1-3-7(12-6)11-4-5(13)8(10)14/h1-3,5,13H,4H2,(H2,10,14)(H,11,12). The summed E-state index contributed by atoms with van der Waals surface area (Å²) in [6.07, 6.45) is -1.20. The average Bonchev–Trinajstić information content (AvgIpc) is 2.14. The van der Waals surface area contributed by atoms with Crippen molar-refractivity contribution in [3.8, 4) is 0 Å². The van der Waals surface area contributed by atoms with E-state index in [1.165, 1.54) is 0 Å². The molecule has 0 saturated carbocycles. The van der Waals surface area contributed by atoms with Gasteiger partial charge < -0.3 is 16.2 Å². The van der Waals surface area contributed by atoms with Crippen LogP contribution in [0.1, 0.15) is 0 Å². The molecular formula is C8H10BrN3O2. The first kappa shape index (κ1) is 10.9. The number of amides is 1. The van der Waals surface area contributed by atoms with E-state index in [9.17, 15) is 4.79 Å². The minimum atomic E-state index is -1.20. The van der Waals surface area contributed by atoms with Gasteiger partial charge in [-0.1, -0.05) is 6.07 Å². The zero-order valence-electron chi connectivity index (χ0n) is 7.27. The number of aromatic nitrogens is 1. The van der Waals surface area contributed by atoms with Gasteiger partial charge in [-0.05, 0) is 28.1 Å². The lowest BCUT2D eigenvalue weighted by Gasteiger charge is -2.08. The molecule has 0 saturated heterocycles. The first-order chi connectivity index (χ1) is 6.59. The Bertz CT molecular complexity index is 332. The van der Waals surface area contributed by atoms with E-state index in [-0.39, 0.29) is 6.54 Å². The van der Waals surface area contributed by atoms with Gasteiger partial charge in [0.05, 0.1) is 6.54 Å². The Morgan fingerprint density at radius 3 is 3.00 bits per heavy atom. The molecule has 1 aromatic rings. The van der Waals surface area contributed by atoms with Crippen molar-refractivity contribution >= 4 is 27.7 Å². The summed E-state index contributed by atoms with van der Waals surface area (Å²) in [5.74, 6) is -0.188. The zero-order valence-corrected chi connectivity index (χ0v) is 8.86. The van der Waals surface area contributed by atoms with E-state index in [2.05, 4.69) is 26.2 Å². The van der Waals surface area contributed by atoms with Crippen LogP contribution in [0.2, 0.25) is 0 Å². The van der Waals surface area contributed by atoms with Crippen LogP contribution in [0.15, 0.2) is 22.8 Å². The van der Waals surface area contributed by atoms with Gasteiger partial charge in [0.2, 0.25) is 5.91 Å². The second-order valence-electron chi connectivity index (χ2n) is 2.64. The number of nitrogens with two attached hydrogens (primary N) is 1. The van der Waals surface area contributed by atoms with Crippen molar-refractivity contribution in [2.45, 2.75) is 6.10 Å². The summed E-state index contributed by atoms with van der Waals surface area (Å²) in [4.78, 5) is 14.5. The summed E-state index contributed by atoms with van der Waals surface area (Å²) in [5, 5.41) is 11.9. The molecule has 0 bridgehead atoms. The monoisotopic (exact) mass is 259 g/mol. The number of carbonyl (C=O) groups excluding carboxylic acids is 1. The molecule has 0 aliphatic rings. The highest BCUT2D eigenvalue weighted by atomic mass is 79.9.